The summed E-state index contributed by atoms with van der Waals surface area (Å²) in [6.07, 6.45) is 1.01. The first-order chi connectivity index (χ1) is 10.0. The van der Waals surface area contributed by atoms with Gasteiger partial charge in [0.1, 0.15) is 0 Å². The standard InChI is InChI=1S/C16H22N4O/c1-5-8-17-14-7-6-10(2)9-13(14)16(21)18-15-11(3)19-20-12(15)4/h6-7,9,17H,5,8H2,1-4H3,(H,18,21)(H,19,20). The van der Waals surface area contributed by atoms with Gasteiger partial charge in [-0.2, -0.15) is 5.10 Å². The highest BCUT2D eigenvalue weighted by atomic mass is 16.1. The zero-order valence-electron chi connectivity index (χ0n) is 13.0. The highest BCUT2D eigenvalue weighted by molar-refractivity contribution is 6.08. The lowest BCUT2D eigenvalue weighted by Crippen LogP contribution is -2.16. The van der Waals surface area contributed by atoms with Crippen molar-refractivity contribution in [1.29, 1.82) is 0 Å². The molecule has 1 aromatic heterocycles. The summed E-state index contributed by atoms with van der Waals surface area (Å²) in [4.78, 5) is 12.6. The van der Waals surface area contributed by atoms with Crippen LogP contribution in [-0.4, -0.2) is 22.6 Å². The molecule has 0 saturated heterocycles. The Labute approximate surface area is 125 Å². The zero-order valence-corrected chi connectivity index (χ0v) is 13.0. The highest BCUT2D eigenvalue weighted by Crippen LogP contribution is 2.22. The summed E-state index contributed by atoms with van der Waals surface area (Å²) in [6.45, 7) is 8.68. The predicted octanol–water partition coefficient (Wildman–Crippen LogP) is 3.41. The second-order valence-corrected chi connectivity index (χ2v) is 5.24. The smallest absolute Gasteiger partial charge is 0.257 e. The van der Waals surface area contributed by atoms with Gasteiger partial charge >= 0.3 is 0 Å². The van der Waals surface area contributed by atoms with E-state index in [4.69, 9.17) is 0 Å². The molecule has 1 amide bonds. The summed E-state index contributed by atoms with van der Waals surface area (Å²) in [5.74, 6) is -0.120. The van der Waals surface area contributed by atoms with Gasteiger partial charge < -0.3 is 10.6 Å². The predicted molar refractivity (Wildman–Crippen MR) is 86.0 cm³/mol. The normalized spacial score (nSPS) is 10.5. The van der Waals surface area contributed by atoms with E-state index in [2.05, 4.69) is 27.8 Å². The molecule has 1 heterocycles. The van der Waals surface area contributed by atoms with E-state index in [1.54, 1.807) is 0 Å². The third kappa shape index (κ3) is 3.42. The lowest BCUT2D eigenvalue weighted by Gasteiger charge is -2.13. The molecule has 0 bridgehead atoms. The van der Waals surface area contributed by atoms with Gasteiger partial charge in [0.2, 0.25) is 0 Å². The van der Waals surface area contributed by atoms with Crippen LogP contribution in [-0.2, 0) is 0 Å². The topological polar surface area (TPSA) is 69.8 Å². The van der Waals surface area contributed by atoms with Gasteiger partial charge in [0, 0.05) is 12.2 Å². The number of hydrogen-bond donors (Lipinski definition) is 3. The number of nitrogens with one attached hydrogen (secondary N) is 3. The lowest BCUT2D eigenvalue weighted by molar-refractivity contribution is 0.102. The molecular weight excluding hydrogens is 264 g/mol. The molecule has 0 atom stereocenters. The maximum absolute atomic E-state index is 12.6. The van der Waals surface area contributed by atoms with Crippen LogP contribution in [0.3, 0.4) is 0 Å². The Bertz CT molecular complexity index is 626. The van der Waals surface area contributed by atoms with Crippen molar-refractivity contribution in [2.75, 3.05) is 17.2 Å². The number of aromatic amines is 1. The number of nitrogens with zero attached hydrogens (tertiary/aromatic N) is 1. The van der Waals surface area contributed by atoms with E-state index in [1.165, 1.54) is 0 Å². The van der Waals surface area contributed by atoms with Crippen molar-refractivity contribution in [3.63, 3.8) is 0 Å². The quantitative estimate of drug-likeness (QED) is 0.789. The number of aryl methyl sites for hydroxylation is 3. The zero-order chi connectivity index (χ0) is 15.4. The van der Waals surface area contributed by atoms with Gasteiger partial charge in [-0.15, -0.1) is 0 Å². The van der Waals surface area contributed by atoms with E-state index < -0.39 is 0 Å². The third-order valence-electron chi connectivity index (χ3n) is 3.35. The fraction of sp³-hybridized carbons (Fsp3) is 0.375. The van der Waals surface area contributed by atoms with Crippen LogP contribution in [0.5, 0.6) is 0 Å². The molecule has 1 aromatic carbocycles. The van der Waals surface area contributed by atoms with Crippen LogP contribution in [0.2, 0.25) is 0 Å². The molecule has 21 heavy (non-hydrogen) atoms. The first kappa shape index (κ1) is 15.1. The summed E-state index contributed by atoms with van der Waals surface area (Å²) in [5, 5.41) is 13.2. The van der Waals surface area contributed by atoms with Crippen LogP contribution in [0.4, 0.5) is 11.4 Å². The average molecular weight is 286 g/mol. The second kappa shape index (κ2) is 6.43. The van der Waals surface area contributed by atoms with Gasteiger partial charge in [-0.25, -0.2) is 0 Å². The molecule has 2 aromatic rings. The van der Waals surface area contributed by atoms with Crippen LogP contribution in [0.15, 0.2) is 18.2 Å². The number of hydrogen-bond acceptors (Lipinski definition) is 3. The van der Waals surface area contributed by atoms with Gasteiger partial charge in [-0.3, -0.25) is 9.89 Å². The Morgan fingerprint density at radius 2 is 2.05 bits per heavy atom. The Hall–Kier alpha value is -2.30. The van der Waals surface area contributed by atoms with E-state index in [0.717, 1.165) is 41.3 Å². The minimum Gasteiger partial charge on any atom is -0.384 e. The van der Waals surface area contributed by atoms with Gasteiger partial charge in [0.15, 0.2) is 0 Å². The molecular formula is C16H22N4O. The summed E-state index contributed by atoms with van der Waals surface area (Å²) in [6, 6.07) is 5.86. The van der Waals surface area contributed by atoms with Crippen LogP contribution >= 0.6 is 0 Å². The fourth-order valence-electron chi connectivity index (χ4n) is 2.18. The molecule has 0 unspecified atom stereocenters. The number of amides is 1. The molecule has 0 aliphatic heterocycles. The first-order valence-corrected chi connectivity index (χ1v) is 7.20. The number of carbonyl (C=O) groups excluding carboxylic acids is 1. The van der Waals surface area contributed by atoms with Crippen molar-refractivity contribution in [2.24, 2.45) is 0 Å². The van der Waals surface area contributed by atoms with Crippen LogP contribution < -0.4 is 10.6 Å². The van der Waals surface area contributed by atoms with Gasteiger partial charge in [0.05, 0.1) is 22.6 Å². The van der Waals surface area contributed by atoms with Gasteiger partial charge in [-0.1, -0.05) is 18.6 Å². The molecule has 0 fully saturated rings. The summed E-state index contributed by atoms with van der Waals surface area (Å²) in [5.41, 5.74) is 4.97. The molecule has 5 nitrogen and oxygen atoms in total. The van der Waals surface area contributed by atoms with Crippen molar-refractivity contribution >= 4 is 17.3 Å². The van der Waals surface area contributed by atoms with Crippen molar-refractivity contribution in [2.45, 2.75) is 34.1 Å². The maximum Gasteiger partial charge on any atom is 0.257 e. The van der Waals surface area contributed by atoms with Crippen molar-refractivity contribution in [1.82, 2.24) is 10.2 Å². The van der Waals surface area contributed by atoms with E-state index in [1.807, 2.05) is 39.0 Å². The van der Waals surface area contributed by atoms with Gasteiger partial charge in [-0.05, 0) is 39.3 Å². The van der Waals surface area contributed by atoms with E-state index >= 15 is 0 Å². The summed E-state index contributed by atoms with van der Waals surface area (Å²) in [7, 11) is 0. The summed E-state index contributed by atoms with van der Waals surface area (Å²) >= 11 is 0. The van der Waals surface area contributed by atoms with Crippen molar-refractivity contribution in [3.8, 4) is 0 Å². The lowest BCUT2D eigenvalue weighted by atomic mass is 10.1. The minimum atomic E-state index is -0.120. The number of benzene rings is 1. The Balaban J connectivity index is 2.27. The monoisotopic (exact) mass is 286 g/mol. The van der Waals surface area contributed by atoms with E-state index in [9.17, 15) is 4.79 Å². The second-order valence-electron chi connectivity index (χ2n) is 5.24. The molecule has 2 rings (SSSR count). The first-order valence-electron chi connectivity index (χ1n) is 7.20. The average Bonchev–Trinajstić information content (AvgIpc) is 2.77. The molecule has 0 aliphatic carbocycles. The van der Waals surface area contributed by atoms with E-state index in [-0.39, 0.29) is 5.91 Å². The Kier molecular flexibility index (Phi) is 4.62. The largest absolute Gasteiger partial charge is 0.384 e. The molecule has 0 saturated carbocycles. The number of aromatic nitrogens is 2. The Morgan fingerprint density at radius 1 is 1.29 bits per heavy atom. The number of rotatable bonds is 5. The molecule has 5 heteroatoms. The fourth-order valence-corrected chi connectivity index (χ4v) is 2.18. The number of carbonyl (C=O) groups is 1. The summed E-state index contributed by atoms with van der Waals surface area (Å²) < 4.78 is 0. The third-order valence-corrected chi connectivity index (χ3v) is 3.35. The maximum atomic E-state index is 12.6. The molecule has 0 aliphatic rings. The van der Waals surface area contributed by atoms with Gasteiger partial charge in [0.25, 0.3) is 5.91 Å². The number of anilines is 2. The van der Waals surface area contributed by atoms with Crippen LogP contribution in [0.25, 0.3) is 0 Å². The number of H-pyrrole nitrogens is 1. The molecule has 3 N–H and O–H groups in total. The van der Waals surface area contributed by atoms with Crippen LogP contribution in [0, 0.1) is 20.8 Å². The molecule has 112 valence electrons. The van der Waals surface area contributed by atoms with E-state index in [0.29, 0.717) is 5.56 Å². The molecule has 0 radical (unpaired) electrons. The molecule has 0 spiro atoms. The highest BCUT2D eigenvalue weighted by Gasteiger charge is 2.15. The van der Waals surface area contributed by atoms with Crippen molar-refractivity contribution < 1.29 is 4.79 Å². The van der Waals surface area contributed by atoms with Crippen LogP contribution in [0.1, 0.15) is 40.7 Å². The SMILES string of the molecule is CCCNc1ccc(C)cc1C(=O)Nc1c(C)n[nH]c1C. The van der Waals surface area contributed by atoms with Crippen molar-refractivity contribution in [3.05, 3.63) is 40.7 Å². The Morgan fingerprint density at radius 3 is 2.67 bits per heavy atom. The minimum absolute atomic E-state index is 0.120.